The molecule has 2 atom stereocenters. The van der Waals surface area contributed by atoms with Crippen LogP contribution in [0.5, 0.6) is 0 Å². The third-order valence-electron chi connectivity index (χ3n) is 6.44. The average molecular weight is 411 g/mol. The van der Waals surface area contributed by atoms with E-state index >= 15 is 0 Å². The lowest BCUT2D eigenvalue weighted by atomic mass is 10.1. The summed E-state index contributed by atoms with van der Waals surface area (Å²) in [4.78, 5) is 20.3. The van der Waals surface area contributed by atoms with Gasteiger partial charge in [-0.05, 0) is 43.2 Å². The van der Waals surface area contributed by atoms with Crippen molar-refractivity contribution >= 4 is 23.2 Å². The fraction of sp³-hybridized carbons (Fsp3) is 0.478. The van der Waals surface area contributed by atoms with Gasteiger partial charge in [-0.1, -0.05) is 43.5 Å². The fourth-order valence-electron chi connectivity index (χ4n) is 4.63. The molecule has 0 N–H and O–H groups in total. The minimum atomic E-state index is -0.00706. The number of hydrogen-bond donors (Lipinski definition) is 0. The number of halogens is 1. The molecule has 3 heterocycles. The summed E-state index contributed by atoms with van der Waals surface area (Å²) in [6.07, 6.45) is 7.88. The average Bonchev–Trinajstić information content (AvgIpc) is 3.37. The lowest BCUT2D eigenvalue weighted by Crippen LogP contribution is -2.35. The highest BCUT2D eigenvalue weighted by Gasteiger charge is 2.42. The van der Waals surface area contributed by atoms with E-state index in [-0.39, 0.29) is 5.56 Å². The molecule has 2 unspecified atom stereocenters. The summed E-state index contributed by atoms with van der Waals surface area (Å²) >= 11 is 6.04. The van der Waals surface area contributed by atoms with Gasteiger partial charge in [0.2, 0.25) is 5.78 Å². The zero-order valence-corrected chi connectivity index (χ0v) is 17.6. The van der Waals surface area contributed by atoms with Gasteiger partial charge in [0.15, 0.2) is 0 Å². The molecule has 0 spiro atoms. The van der Waals surface area contributed by atoms with Crippen molar-refractivity contribution in [2.75, 3.05) is 18.0 Å². The van der Waals surface area contributed by atoms with E-state index in [4.69, 9.17) is 16.6 Å². The molecular weight excluding hydrogens is 384 g/mol. The van der Waals surface area contributed by atoms with Gasteiger partial charge in [-0.25, -0.2) is 4.98 Å². The van der Waals surface area contributed by atoms with Crippen molar-refractivity contribution in [3.8, 4) is 11.3 Å². The molecule has 0 amide bonds. The summed E-state index contributed by atoms with van der Waals surface area (Å²) in [5.74, 6) is 3.51. The summed E-state index contributed by atoms with van der Waals surface area (Å²) < 4.78 is 3.96. The van der Waals surface area contributed by atoms with Crippen LogP contribution in [0.2, 0.25) is 5.02 Å². The number of hydrogen-bond acceptors (Lipinski definition) is 3. The number of fused-ring (bicyclic) bond motifs is 2. The second-order valence-corrected chi connectivity index (χ2v) is 8.93. The molecule has 2 aliphatic rings. The quantitative estimate of drug-likeness (QED) is 0.545. The van der Waals surface area contributed by atoms with Crippen LogP contribution < -0.4 is 10.5 Å². The number of piperidine rings is 1. The predicted molar refractivity (Wildman–Crippen MR) is 118 cm³/mol. The van der Waals surface area contributed by atoms with Crippen molar-refractivity contribution in [2.45, 2.75) is 45.6 Å². The van der Waals surface area contributed by atoms with Crippen molar-refractivity contribution in [3.63, 3.8) is 0 Å². The van der Waals surface area contributed by atoms with Crippen molar-refractivity contribution in [3.05, 3.63) is 51.9 Å². The van der Waals surface area contributed by atoms with Crippen LogP contribution in [0, 0.1) is 11.8 Å². The third kappa shape index (κ3) is 3.57. The Labute approximate surface area is 175 Å². The standard InChI is InChI=1S/C23H27ClN4O/c1-2-3-4-10-27-21(26-11-9-17-12-18(17)14-26)13-22(29)28-15-20(25-23(27)28)16-5-7-19(24)8-6-16/h5-8,13,15,17-18H,2-4,9-12,14H2,1H3. The van der Waals surface area contributed by atoms with Crippen molar-refractivity contribution in [1.82, 2.24) is 14.0 Å². The summed E-state index contributed by atoms with van der Waals surface area (Å²) in [7, 11) is 0. The first kappa shape index (κ1) is 18.7. The number of unbranched alkanes of at least 4 members (excludes halogenated alkanes) is 2. The normalized spacial score (nSPS) is 20.8. The van der Waals surface area contributed by atoms with Crippen LogP contribution in [-0.2, 0) is 6.54 Å². The van der Waals surface area contributed by atoms with Gasteiger partial charge < -0.3 is 4.90 Å². The molecular formula is C23H27ClN4O. The van der Waals surface area contributed by atoms with Crippen LogP contribution in [0.25, 0.3) is 17.0 Å². The molecule has 1 aliphatic heterocycles. The van der Waals surface area contributed by atoms with Crippen LogP contribution in [-0.4, -0.2) is 27.0 Å². The van der Waals surface area contributed by atoms with Gasteiger partial charge in [-0.15, -0.1) is 0 Å². The highest BCUT2D eigenvalue weighted by atomic mass is 35.5. The summed E-state index contributed by atoms with van der Waals surface area (Å²) in [6, 6.07) is 9.44. The Morgan fingerprint density at radius 1 is 1.17 bits per heavy atom. The highest BCUT2D eigenvalue weighted by molar-refractivity contribution is 6.30. The Morgan fingerprint density at radius 2 is 2.00 bits per heavy atom. The maximum absolute atomic E-state index is 13.0. The van der Waals surface area contributed by atoms with E-state index in [2.05, 4.69) is 16.4 Å². The number of imidazole rings is 1. The number of aromatic nitrogens is 3. The largest absolute Gasteiger partial charge is 0.357 e. The van der Waals surface area contributed by atoms with Crippen LogP contribution in [0.1, 0.15) is 39.0 Å². The number of nitrogens with zero attached hydrogens (tertiary/aromatic N) is 4. The van der Waals surface area contributed by atoms with Gasteiger partial charge in [0.05, 0.1) is 5.69 Å². The van der Waals surface area contributed by atoms with Crippen LogP contribution in [0.4, 0.5) is 5.82 Å². The number of aryl methyl sites for hydroxylation is 1. The van der Waals surface area contributed by atoms with E-state index in [1.165, 1.54) is 25.7 Å². The van der Waals surface area contributed by atoms with Gasteiger partial charge >= 0.3 is 0 Å². The molecule has 5 rings (SSSR count). The first-order valence-electron chi connectivity index (χ1n) is 10.8. The molecule has 0 bridgehead atoms. The SMILES string of the molecule is CCCCCn1c(N2CCC3CC3C2)cc(=O)n2cc(-c3ccc(Cl)cc3)nc12. The zero-order chi connectivity index (χ0) is 20.0. The Hall–Kier alpha value is -2.27. The van der Waals surface area contributed by atoms with Crippen molar-refractivity contribution in [1.29, 1.82) is 0 Å². The van der Waals surface area contributed by atoms with Crippen molar-refractivity contribution in [2.24, 2.45) is 11.8 Å². The van der Waals surface area contributed by atoms with E-state index in [1.54, 1.807) is 4.40 Å². The maximum Gasteiger partial charge on any atom is 0.261 e. The van der Waals surface area contributed by atoms with Gasteiger partial charge in [0, 0.05) is 42.5 Å². The number of rotatable bonds is 6. The Morgan fingerprint density at radius 3 is 2.76 bits per heavy atom. The molecule has 152 valence electrons. The van der Waals surface area contributed by atoms with E-state index in [0.717, 1.165) is 60.7 Å². The van der Waals surface area contributed by atoms with E-state index in [0.29, 0.717) is 5.02 Å². The second kappa shape index (κ2) is 7.52. The maximum atomic E-state index is 13.0. The highest BCUT2D eigenvalue weighted by Crippen LogP contribution is 2.45. The summed E-state index contributed by atoms with van der Waals surface area (Å²) in [6.45, 7) is 5.21. The van der Waals surface area contributed by atoms with E-state index < -0.39 is 0 Å². The van der Waals surface area contributed by atoms with Gasteiger partial charge in [-0.3, -0.25) is 13.8 Å². The molecule has 1 saturated heterocycles. The lowest BCUT2D eigenvalue weighted by Gasteiger charge is -2.31. The second-order valence-electron chi connectivity index (χ2n) is 8.49. The molecule has 1 saturated carbocycles. The monoisotopic (exact) mass is 410 g/mol. The minimum absolute atomic E-state index is 0.00706. The Bertz CT molecular complexity index is 1080. The molecule has 1 aliphatic carbocycles. The van der Waals surface area contributed by atoms with Gasteiger partial charge in [0.1, 0.15) is 5.82 Å². The smallest absolute Gasteiger partial charge is 0.261 e. The van der Waals surface area contributed by atoms with Crippen LogP contribution in [0.15, 0.2) is 41.3 Å². The number of anilines is 1. The van der Waals surface area contributed by atoms with Crippen LogP contribution >= 0.6 is 11.6 Å². The van der Waals surface area contributed by atoms with Gasteiger partial charge in [0.25, 0.3) is 5.56 Å². The predicted octanol–water partition coefficient (Wildman–Crippen LogP) is 4.85. The van der Waals surface area contributed by atoms with Gasteiger partial charge in [-0.2, -0.15) is 0 Å². The first-order valence-corrected chi connectivity index (χ1v) is 11.2. The third-order valence-corrected chi connectivity index (χ3v) is 6.69. The fourth-order valence-corrected chi connectivity index (χ4v) is 4.76. The first-order chi connectivity index (χ1) is 14.1. The lowest BCUT2D eigenvalue weighted by molar-refractivity contribution is 0.526. The molecule has 2 fully saturated rings. The van der Waals surface area contributed by atoms with Crippen LogP contribution in [0.3, 0.4) is 0 Å². The zero-order valence-electron chi connectivity index (χ0n) is 16.9. The molecule has 1 aromatic carbocycles. The molecule has 6 heteroatoms. The Kier molecular flexibility index (Phi) is 4.86. The molecule has 3 aromatic rings. The molecule has 5 nitrogen and oxygen atoms in total. The molecule has 2 aromatic heterocycles. The molecule has 29 heavy (non-hydrogen) atoms. The summed E-state index contributed by atoms with van der Waals surface area (Å²) in [5.41, 5.74) is 1.77. The molecule has 0 radical (unpaired) electrons. The van der Waals surface area contributed by atoms with Crippen molar-refractivity contribution < 1.29 is 0 Å². The van der Waals surface area contributed by atoms with E-state index in [1.807, 2.05) is 36.5 Å². The minimum Gasteiger partial charge on any atom is -0.357 e. The van der Waals surface area contributed by atoms with E-state index in [9.17, 15) is 4.79 Å². The Balaban J connectivity index is 1.60. The summed E-state index contributed by atoms with van der Waals surface area (Å²) in [5, 5.41) is 0.697. The topological polar surface area (TPSA) is 42.5 Å². The number of benzene rings is 1.